The Balaban J connectivity index is 0.894. The van der Waals surface area contributed by atoms with Crippen molar-refractivity contribution in [1.29, 1.82) is 0 Å². The molecule has 8 unspecified atom stereocenters. The van der Waals surface area contributed by atoms with Crippen molar-refractivity contribution < 1.29 is 147 Å². The standard InChI is InChI=1S/C111H110O31Si/c1-70(112)129-90-86(136-110(132-73(4)115)100(131-72(3)114)94(90)130-71(2)113)67-125-107-97(124-65-76-45-23-10-24-46-76)93(123-64-75-43-21-9-22-44-75)89(122-63-74-41-19-8-20-42-74)85(133-107)66-126-108-98(141-105(120)81-55-33-15-34-56-81)95(139-103(118)79-51-29-13-30-52-79)91(137-101(116)77-47-25-11-26-48-77)87(134-108)68-127-109-99(142-106(121)82-57-35-16-36-58-82)96(140-104(119)80-53-31-14-32-54-80)92(138-102(117)78-49-27-12-28-50-78)88(135-109)69-128-143(111(5,6)7,83-59-37-17-38-60-83)84-61-39-18-40-62-84/h8-62,85-100,107-110H,63-69H2,1-7H3/t85?,86?,87?,88?,89-,90-,91-,92-,93+,94-,95-,96-,97?,98?,99?,100?,107+,108+,109+,110+/m0/s1. The van der Waals surface area contributed by atoms with Crippen LogP contribution in [0, 0.1) is 0 Å². The lowest BCUT2D eigenvalue weighted by Gasteiger charge is -2.48. The SMILES string of the molecule is CC(=O)OC1[C@H](OC(C)=O)OC(CO[C@@H]2OC(CO[C@@H]3OC(CO[C@@H]4OC(CO[Si](c5ccccc5)(c5ccccc5)C(C)(C)C)[C@H](OC(=O)c5ccccc5)[C@H](OC(=O)c5ccccc5)C4OC(=O)c4ccccc4)[C@H](OC(=O)c4ccccc4)[C@H](OC(=O)c4ccccc4)C3OC(=O)c3ccccc3)[C@H](OCc3ccccc3)[C@@H](OCc3ccccc3)C2OCc2ccccc2)[C@H](OC(C)=O)[C@@H]1OC(C)=O. The predicted molar refractivity (Wildman–Crippen MR) is 513 cm³/mol. The second kappa shape index (κ2) is 49.5. The van der Waals surface area contributed by atoms with E-state index in [-0.39, 0.29) is 53.2 Å². The minimum Gasteiger partial charge on any atom is -0.456 e. The summed E-state index contributed by atoms with van der Waals surface area (Å²) in [5, 5.41) is 0.905. The highest BCUT2D eigenvalue weighted by atomic mass is 28.4. The maximum absolute atomic E-state index is 15.6. The average Bonchev–Trinajstić information content (AvgIpc) is 0.744. The van der Waals surface area contributed by atoms with Gasteiger partial charge < -0.3 is 99.2 Å². The number of hydrogen-bond donors (Lipinski definition) is 0. The van der Waals surface area contributed by atoms with E-state index in [1.165, 1.54) is 72.8 Å². The van der Waals surface area contributed by atoms with Crippen molar-refractivity contribution in [3.05, 3.63) is 384 Å². The van der Waals surface area contributed by atoms with E-state index in [1.54, 1.807) is 121 Å². The smallest absolute Gasteiger partial charge is 0.338 e. The monoisotopic (exact) mass is 1970 g/mol. The molecule has 143 heavy (non-hydrogen) atoms. The number of esters is 10. The fraction of sp³-hybridized carbons (Fsp3) is 0.315. The molecule has 0 N–H and O–H groups in total. The average molecular weight is 1970 g/mol. The molecule has 4 aliphatic rings. The van der Waals surface area contributed by atoms with Crippen molar-refractivity contribution in [2.45, 2.75) is 196 Å². The van der Waals surface area contributed by atoms with Crippen LogP contribution in [0.4, 0.5) is 0 Å². The summed E-state index contributed by atoms with van der Waals surface area (Å²) in [6.07, 6.45) is -35.5. The predicted octanol–water partition coefficient (Wildman–Crippen LogP) is 14.0. The van der Waals surface area contributed by atoms with Crippen molar-refractivity contribution in [3.63, 3.8) is 0 Å². The molecule has 11 aromatic carbocycles. The van der Waals surface area contributed by atoms with Gasteiger partial charge in [0.15, 0.2) is 67.7 Å². The van der Waals surface area contributed by atoms with Gasteiger partial charge in [-0.1, -0.05) is 282 Å². The topological polar surface area (TPSA) is 365 Å². The van der Waals surface area contributed by atoms with Crippen LogP contribution in [0.5, 0.6) is 0 Å². The van der Waals surface area contributed by atoms with E-state index in [4.69, 9.17) is 99.2 Å². The maximum Gasteiger partial charge on any atom is 0.338 e. The highest BCUT2D eigenvalue weighted by molar-refractivity contribution is 6.99. The number of carbonyl (C=O) groups is 10. The zero-order chi connectivity index (χ0) is 100. The minimum absolute atomic E-state index is 0.00928. The number of carbonyl (C=O) groups excluding carboxylic acids is 10. The molecular formula is C111H110O31Si. The fourth-order valence-corrected chi connectivity index (χ4v) is 22.1. The first-order valence-electron chi connectivity index (χ1n) is 46.8. The third-order valence-corrected chi connectivity index (χ3v) is 29.1. The Kier molecular flexibility index (Phi) is 35.8. The lowest BCUT2D eigenvalue weighted by atomic mass is 9.96. The molecule has 0 bridgehead atoms. The summed E-state index contributed by atoms with van der Waals surface area (Å²) < 4.78 is 142. The molecule has 20 atom stereocenters. The molecule has 0 aromatic heterocycles. The Hall–Kier alpha value is -14.1. The fourth-order valence-electron chi connectivity index (χ4n) is 17.5. The Bertz CT molecular complexity index is 5950. The summed E-state index contributed by atoms with van der Waals surface area (Å²) in [5.41, 5.74) is 1.90. The highest BCUT2D eigenvalue weighted by Gasteiger charge is 2.61. The van der Waals surface area contributed by atoms with Crippen LogP contribution in [0.2, 0.25) is 5.04 Å². The summed E-state index contributed by atoms with van der Waals surface area (Å²) in [7, 11) is -3.72. The molecule has 0 radical (unpaired) electrons. The Morgan fingerprint density at radius 3 is 0.748 bits per heavy atom. The number of hydrogen-bond acceptors (Lipinski definition) is 31. The number of ether oxygens (including phenoxy) is 20. The molecule has 0 amide bonds. The van der Waals surface area contributed by atoms with Crippen molar-refractivity contribution in [2.24, 2.45) is 0 Å². The van der Waals surface area contributed by atoms with Crippen LogP contribution in [0.3, 0.4) is 0 Å². The number of benzene rings is 11. The van der Waals surface area contributed by atoms with Gasteiger partial charge in [-0.25, -0.2) is 28.8 Å². The van der Waals surface area contributed by atoms with Gasteiger partial charge >= 0.3 is 59.7 Å². The van der Waals surface area contributed by atoms with Crippen molar-refractivity contribution in [2.75, 3.05) is 26.4 Å². The first-order chi connectivity index (χ1) is 69.3. The zero-order valence-corrected chi connectivity index (χ0v) is 80.4. The lowest BCUT2D eigenvalue weighted by molar-refractivity contribution is -0.355. The van der Waals surface area contributed by atoms with E-state index >= 15 is 28.8 Å². The van der Waals surface area contributed by atoms with E-state index in [1.807, 2.05) is 160 Å². The molecule has 0 spiro atoms. The normalized spacial score (nSPS) is 24.2. The lowest BCUT2D eigenvalue weighted by Crippen LogP contribution is -2.69. The Morgan fingerprint density at radius 1 is 0.224 bits per heavy atom. The second-order valence-electron chi connectivity index (χ2n) is 35.2. The molecule has 744 valence electrons. The minimum atomic E-state index is -3.72. The van der Waals surface area contributed by atoms with Crippen LogP contribution in [0.15, 0.2) is 334 Å². The van der Waals surface area contributed by atoms with Gasteiger partial charge in [0.05, 0.1) is 79.6 Å². The molecule has 32 heteroatoms. The van der Waals surface area contributed by atoms with E-state index in [0.717, 1.165) is 38.1 Å². The Morgan fingerprint density at radius 2 is 0.441 bits per heavy atom. The van der Waals surface area contributed by atoms with Crippen molar-refractivity contribution in [1.82, 2.24) is 0 Å². The van der Waals surface area contributed by atoms with Crippen LogP contribution < -0.4 is 10.4 Å². The van der Waals surface area contributed by atoms with E-state index in [9.17, 15) is 19.2 Å². The maximum atomic E-state index is 15.6. The summed E-state index contributed by atoms with van der Waals surface area (Å²) in [6, 6.07) is 93.4. The molecule has 11 aromatic rings. The van der Waals surface area contributed by atoms with E-state index < -0.39 is 222 Å². The van der Waals surface area contributed by atoms with Crippen molar-refractivity contribution >= 4 is 78.4 Å². The van der Waals surface area contributed by atoms with Gasteiger partial charge in [0.2, 0.25) is 12.4 Å². The summed E-state index contributed by atoms with van der Waals surface area (Å²) in [4.78, 5) is 145. The summed E-state index contributed by atoms with van der Waals surface area (Å²) >= 11 is 0. The van der Waals surface area contributed by atoms with Gasteiger partial charge in [0.1, 0.15) is 42.7 Å². The highest BCUT2D eigenvalue weighted by Crippen LogP contribution is 2.42. The molecule has 4 saturated heterocycles. The zero-order valence-electron chi connectivity index (χ0n) is 79.4. The van der Waals surface area contributed by atoms with Crippen LogP contribution in [0.1, 0.15) is 127 Å². The van der Waals surface area contributed by atoms with E-state index in [0.29, 0.717) is 16.7 Å². The van der Waals surface area contributed by atoms with Gasteiger partial charge in [-0.15, -0.1) is 0 Å². The molecule has 0 saturated carbocycles. The molecule has 4 aliphatic heterocycles. The molecule has 0 aliphatic carbocycles. The van der Waals surface area contributed by atoms with Crippen LogP contribution in [-0.2, 0) is 138 Å². The summed E-state index contributed by atoms with van der Waals surface area (Å²) in [6.45, 7) is 7.01. The molecule has 4 fully saturated rings. The largest absolute Gasteiger partial charge is 0.456 e. The quantitative estimate of drug-likeness (QED) is 0.0196. The van der Waals surface area contributed by atoms with Gasteiger partial charge in [-0.3, -0.25) is 19.2 Å². The molecule has 4 heterocycles. The van der Waals surface area contributed by atoms with Gasteiger partial charge in [0, 0.05) is 27.7 Å². The summed E-state index contributed by atoms with van der Waals surface area (Å²) in [5.74, 6) is -9.83. The number of rotatable bonds is 39. The van der Waals surface area contributed by atoms with Crippen LogP contribution in [0.25, 0.3) is 0 Å². The van der Waals surface area contributed by atoms with Gasteiger partial charge in [0.25, 0.3) is 8.32 Å². The van der Waals surface area contributed by atoms with Gasteiger partial charge in [-0.05, 0) is 105 Å². The first-order valence-corrected chi connectivity index (χ1v) is 48.7. The third kappa shape index (κ3) is 26.8. The van der Waals surface area contributed by atoms with Crippen LogP contribution >= 0.6 is 0 Å². The molecule has 31 nitrogen and oxygen atoms in total. The molecular weight excluding hydrogens is 1860 g/mol. The molecule has 15 rings (SSSR count). The van der Waals surface area contributed by atoms with E-state index in [2.05, 4.69) is 0 Å². The first kappa shape index (κ1) is 103. The Labute approximate surface area is 827 Å². The van der Waals surface area contributed by atoms with Crippen LogP contribution in [-0.4, -0.2) is 217 Å². The third-order valence-electron chi connectivity index (χ3n) is 24.1. The van der Waals surface area contributed by atoms with Crippen molar-refractivity contribution in [3.8, 4) is 0 Å². The van der Waals surface area contributed by atoms with Gasteiger partial charge in [-0.2, -0.15) is 0 Å². The second-order valence-corrected chi connectivity index (χ2v) is 39.5.